The molecule has 0 bridgehead atoms. The Labute approximate surface area is 228 Å². The summed E-state index contributed by atoms with van der Waals surface area (Å²) in [5.74, 6) is 0.745. The van der Waals surface area contributed by atoms with Gasteiger partial charge in [0, 0.05) is 18.8 Å². The summed E-state index contributed by atoms with van der Waals surface area (Å²) in [6.45, 7) is 1.86. The van der Waals surface area contributed by atoms with E-state index in [1.165, 1.54) is 29.0 Å². The summed E-state index contributed by atoms with van der Waals surface area (Å²) in [6.07, 6.45) is 0. The number of aromatic nitrogens is 4. The fraction of sp³-hybridized carbons (Fsp3) is 0.259. The van der Waals surface area contributed by atoms with Gasteiger partial charge >= 0.3 is 21.2 Å². The molecule has 0 aliphatic heterocycles. The first-order chi connectivity index (χ1) is 18.9. The van der Waals surface area contributed by atoms with Crippen LogP contribution in [0.15, 0.2) is 77.6 Å². The summed E-state index contributed by atoms with van der Waals surface area (Å²) in [5.41, 5.74) is -2.08. The first-order valence-corrected chi connectivity index (χ1v) is 13.9. The zero-order valence-electron chi connectivity index (χ0n) is 21.8. The lowest BCUT2D eigenvalue weighted by molar-refractivity contribution is -0.0429. The number of halogens is 3. The van der Waals surface area contributed by atoms with E-state index in [0.29, 0.717) is 23.1 Å². The zero-order chi connectivity index (χ0) is 28.7. The summed E-state index contributed by atoms with van der Waals surface area (Å²) in [5, 5.41) is 0. The van der Waals surface area contributed by atoms with Crippen molar-refractivity contribution in [2.75, 3.05) is 25.4 Å². The summed E-state index contributed by atoms with van der Waals surface area (Å²) in [4.78, 5) is 20.6. The third-order valence-corrected chi connectivity index (χ3v) is 7.69. The molecule has 0 aliphatic carbocycles. The molecule has 40 heavy (non-hydrogen) atoms. The van der Waals surface area contributed by atoms with E-state index in [1.54, 1.807) is 9.13 Å². The first-order valence-electron chi connectivity index (χ1n) is 12.4. The number of rotatable bonds is 9. The maximum Gasteiger partial charge on any atom is 0.516 e. The minimum Gasteiger partial charge on any atom is -0.325 e. The van der Waals surface area contributed by atoms with E-state index in [4.69, 9.17) is 4.98 Å². The fourth-order valence-electron chi connectivity index (χ4n) is 4.59. The highest BCUT2D eigenvalue weighted by Crippen LogP contribution is 2.26. The Bertz CT molecular complexity index is 1840. The molecular formula is C27H27F3N6O3S. The van der Waals surface area contributed by atoms with Crippen LogP contribution in [-0.2, 0) is 29.7 Å². The number of sulfonamides is 1. The van der Waals surface area contributed by atoms with Crippen molar-refractivity contribution in [3.8, 4) is 0 Å². The number of hydrogen-bond acceptors (Lipinski definition) is 5. The molecule has 9 nitrogen and oxygen atoms in total. The lowest BCUT2D eigenvalue weighted by Crippen LogP contribution is -2.29. The molecule has 0 amide bonds. The SMILES string of the molecule is CN(C)CCn1c(Cn2c(=O)n(Cc3ccc(NS(=O)(=O)C(F)(F)F)cc3)c3ccccc32)nc2ccccc21. The van der Waals surface area contributed by atoms with Gasteiger partial charge in [-0.15, -0.1) is 0 Å². The molecule has 5 aromatic rings. The third-order valence-electron chi connectivity index (χ3n) is 6.58. The van der Waals surface area contributed by atoms with Crippen molar-refractivity contribution in [3.05, 3.63) is 94.7 Å². The van der Waals surface area contributed by atoms with Crippen LogP contribution in [0.1, 0.15) is 11.4 Å². The summed E-state index contributed by atoms with van der Waals surface area (Å²) in [7, 11) is -1.54. The molecule has 0 saturated carbocycles. The average Bonchev–Trinajstić information content (AvgIpc) is 3.38. The molecule has 3 aromatic carbocycles. The van der Waals surface area contributed by atoms with E-state index in [2.05, 4.69) is 9.47 Å². The molecule has 0 unspecified atom stereocenters. The van der Waals surface area contributed by atoms with Gasteiger partial charge in [-0.25, -0.2) is 9.78 Å². The van der Waals surface area contributed by atoms with Crippen LogP contribution in [0.5, 0.6) is 0 Å². The van der Waals surface area contributed by atoms with Gasteiger partial charge in [0.05, 0.1) is 35.2 Å². The molecule has 0 radical (unpaired) electrons. The molecule has 13 heteroatoms. The second-order valence-corrected chi connectivity index (χ2v) is 11.3. The molecule has 0 atom stereocenters. The van der Waals surface area contributed by atoms with Gasteiger partial charge in [0.1, 0.15) is 5.82 Å². The largest absolute Gasteiger partial charge is 0.516 e. The van der Waals surface area contributed by atoms with E-state index in [-0.39, 0.29) is 24.5 Å². The highest BCUT2D eigenvalue weighted by atomic mass is 32.2. The van der Waals surface area contributed by atoms with Crippen LogP contribution in [0.2, 0.25) is 0 Å². The topological polar surface area (TPSA) is 94.2 Å². The second-order valence-electron chi connectivity index (χ2n) is 9.66. The summed E-state index contributed by atoms with van der Waals surface area (Å²) >= 11 is 0. The minimum absolute atomic E-state index is 0.135. The number of fused-ring (bicyclic) bond motifs is 2. The van der Waals surface area contributed by atoms with E-state index < -0.39 is 15.5 Å². The number of nitrogens with zero attached hydrogens (tertiary/aromatic N) is 5. The minimum atomic E-state index is -5.53. The molecular weight excluding hydrogens is 545 g/mol. The number of anilines is 1. The maximum absolute atomic E-state index is 13.7. The summed E-state index contributed by atoms with van der Waals surface area (Å²) in [6, 6.07) is 20.6. The lowest BCUT2D eigenvalue weighted by Gasteiger charge is -2.13. The van der Waals surface area contributed by atoms with Gasteiger partial charge in [-0.3, -0.25) is 13.9 Å². The number of nitrogens with one attached hydrogen (secondary N) is 1. The first kappa shape index (κ1) is 27.5. The molecule has 0 saturated heterocycles. The standard InChI is InChI=1S/C27H27F3N6O3S/c1-33(2)15-16-34-22-8-4-3-7-21(22)31-25(34)18-36-24-10-6-5-9-23(24)35(26(36)37)17-19-11-13-20(14-12-19)32-40(38,39)27(28,29)30/h3-14,32H,15-18H2,1-2H3. The van der Waals surface area contributed by atoms with Crippen molar-refractivity contribution < 1.29 is 21.6 Å². The van der Waals surface area contributed by atoms with Gasteiger partial charge in [0.2, 0.25) is 0 Å². The van der Waals surface area contributed by atoms with E-state index in [9.17, 15) is 26.4 Å². The molecule has 0 fully saturated rings. The van der Waals surface area contributed by atoms with Crippen molar-refractivity contribution in [2.45, 2.75) is 25.1 Å². The number of imidazole rings is 2. The van der Waals surface area contributed by atoms with Gasteiger partial charge in [-0.2, -0.15) is 21.6 Å². The predicted octanol–water partition coefficient (Wildman–Crippen LogP) is 4.07. The highest BCUT2D eigenvalue weighted by Gasteiger charge is 2.46. The number of para-hydroxylation sites is 4. The molecule has 0 aliphatic rings. The zero-order valence-corrected chi connectivity index (χ0v) is 22.6. The number of likely N-dealkylation sites (N-methyl/N-ethyl adjacent to an activating group) is 1. The lowest BCUT2D eigenvalue weighted by atomic mass is 10.2. The van der Waals surface area contributed by atoms with Crippen molar-refractivity contribution >= 4 is 37.8 Å². The van der Waals surface area contributed by atoms with E-state index in [0.717, 1.165) is 23.4 Å². The van der Waals surface area contributed by atoms with E-state index in [1.807, 2.05) is 62.6 Å². The molecule has 2 heterocycles. The van der Waals surface area contributed by atoms with Crippen molar-refractivity contribution in [1.29, 1.82) is 0 Å². The van der Waals surface area contributed by atoms with Gasteiger partial charge in [-0.1, -0.05) is 36.4 Å². The van der Waals surface area contributed by atoms with Crippen LogP contribution < -0.4 is 10.4 Å². The Morgan fingerprint density at radius 2 is 1.40 bits per heavy atom. The highest BCUT2D eigenvalue weighted by molar-refractivity contribution is 7.93. The van der Waals surface area contributed by atoms with Crippen LogP contribution in [0.3, 0.4) is 0 Å². The Kier molecular flexibility index (Phi) is 7.19. The van der Waals surface area contributed by atoms with Crippen LogP contribution >= 0.6 is 0 Å². The number of benzene rings is 3. The molecule has 210 valence electrons. The third kappa shape index (κ3) is 5.34. The monoisotopic (exact) mass is 572 g/mol. The summed E-state index contributed by atoms with van der Waals surface area (Å²) < 4.78 is 67.8. The van der Waals surface area contributed by atoms with Gasteiger partial charge in [0.15, 0.2) is 0 Å². The Balaban J connectivity index is 1.48. The predicted molar refractivity (Wildman–Crippen MR) is 148 cm³/mol. The quantitative estimate of drug-likeness (QED) is 0.288. The maximum atomic E-state index is 13.7. The Morgan fingerprint density at radius 3 is 2.00 bits per heavy atom. The van der Waals surface area contributed by atoms with E-state index >= 15 is 0 Å². The smallest absolute Gasteiger partial charge is 0.325 e. The van der Waals surface area contributed by atoms with Crippen molar-refractivity contribution in [1.82, 2.24) is 23.6 Å². The van der Waals surface area contributed by atoms with Crippen LogP contribution in [-0.4, -0.2) is 58.2 Å². The molecule has 2 aromatic heterocycles. The van der Waals surface area contributed by atoms with Crippen LogP contribution in [0.25, 0.3) is 22.1 Å². The van der Waals surface area contributed by atoms with Crippen molar-refractivity contribution in [3.63, 3.8) is 0 Å². The number of hydrogen-bond donors (Lipinski definition) is 1. The van der Waals surface area contributed by atoms with Gasteiger partial charge in [-0.05, 0) is 56.1 Å². The molecule has 0 spiro atoms. The molecule has 5 rings (SSSR count). The van der Waals surface area contributed by atoms with Crippen LogP contribution in [0, 0.1) is 0 Å². The van der Waals surface area contributed by atoms with Crippen LogP contribution in [0.4, 0.5) is 18.9 Å². The molecule has 1 N–H and O–H groups in total. The Hall–Kier alpha value is -4.10. The number of alkyl halides is 3. The average molecular weight is 573 g/mol. The fourth-order valence-corrected chi connectivity index (χ4v) is 5.15. The normalized spacial score (nSPS) is 12.6. The Morgan fingerprint density at radius 1 is 0.825 bits per heavy atom. The van der Waals surface area contributed by atoms with Gasteiger partial charge < -0.3 is 9.47 Å². The van der Waals surface area contributed by atoms with Crippen molar-refractivity contribution in [2.24, 2.45) is 0 Å². The second kappa shape index (κ2) is 10.5. The van der Waals surface area contributed by atoms with Gasteiger partial charge in [0.25, 0.3) is 0 Å².